The molecule has 10 bridgehead atoms. The van der Waals surface area contributed by atoms with Crippen molar-refractivity contribution in [3.63, 3.8) is 0 Å². The van der Waals surface area contributed by atoms with E-state index in [1.54, 1.807) is 22.3 Å². The Balaban J connectivity index is 0.0000000923. The lowest BCUT2D eigenvalue weighted by molar-refractivity contribution is 0.112. The van der Waals surface area contributed by atoms with E-state index in [0.29, 0.717) is 88.1 Å². The van der Waals surface area contributed by atoms with E-state index >= 15 is 0 Å². The molecule has 9 saturated heterocycles. The van der Waals surface area contributed by atoms with Gasteiger partial charge in [-0.25, -0.2) is 0 Å². The van der Waals surface area contributed by atoms with Gasteiger partial charge in [0.15, 0.2) is 0 Å². The Morgan fingerprint density at radius 3 is 0.980 bits per heavy atom. The van der Waals surface area contributed by atoms with Crippen LogP contribution in [-0.4, -0.2) is 130 Å². The average molecular weight is 1960 g/mol. The number of aromatic nitrogens is 5. The molecule has 10 aliphatic rings. The maximum Gasteiger partial charge on any atom is 0.0543 e. The zero-order chi connectivity index (χ0) is 102. The molecule has 15 heterocycles. The van der Waals surface area contributed by atoms with Gasteiger partial charge in [0.25, 0.3) is 0 Å². The molecule has 21 atom stereocenters. The third kappa shape index (κ3) is 14.6. The molecule has 0 spiro atoms. The van der Waals surface area contributed by atoms with E-state index in [0.717, 1.165) is 24.3 Å². The lowest BCUT2D eigenvalue weighted by atomic mass is 9.63. The molecule has 9 fully saturated rings. The van der Waals surface area contributed by atoms with Crippen LogP contribution >= 0.6 is 0 Å². The zero-order valence-electron chi connectivity index (χ0n) is 90.3. The summed E-state index contributed by atoms with van der Waals surface area (Å²) < 4.78 is 12.1. The van der Waals surface area contributed by atoms with Gasteiger partial charge in [-0.15, -0.1) is 0 Å². The largest absolute Gasteiger partial charge is 0.367 e. The summed E-state index contributed by atoms with van der Waals surface area (Å²) in [4.78, 5) is 13.5. The molecule has 10 nitrogen and oxygen atoms in total. The Bertz CT molecular complexity index is 8860. The number of nitrogens with zero attached hydrogens (tertiary/aromatic N) is 10. The number of rotatable bonds is 10. The first-order valence-electron chi connectivity index (χ1n) is 56.2. The Hall–Kier alpha value is -13.8. The van der Waals surface area contributed by atoms with Gasteiger partial charge >= 0.3 is 0 Å². The lowest BCUT2D eigenvalue weighted by Crippen LogP contribution is -2.45. The fourth-order valence-electron chi connectivity index (χ4n) is 32.8. The summed E-state index contributed by atoms with van der Waals surface area (Å²) in [5, 5.41) is 13.7. The van der Waals surface area contributed by atoms with E-state index in [1.807, 2.05) is 0 Å². The van der Waals surface area contributed by atoms with Gasteiger partial charge in [0.1, 0.15) is 0 Å². The molecule has 0 amide bonds. The fourth-order valence-corrected chi connectivity index (χ4v) is 32.8. The molecule has 0 radical (unpaired) electrons. The van der Waals surface area contributed by atoms with E-state index in [1.165, 1.54) is 241 Å². The first-order chi connectivity index (χ1) is 72.9. The quantitative estimate of drug-likeness (QED) is 0.136. The van der Waals surface area contributed by atoms with Crippen molar-refractivity contribution in [3.05, 3.63) is 419 Å². The van der Waals surface area contributed by atoms with Gasteiger partial charge in [-0.2, -0.15) is 0 Å². The minimum atomic E-state index is 0.309. The highest BCUT2D eigenvalue weighted by atomic mass is 15.3. The van der Waals surface area contributed by atoms with Gasteiger partial charge in [-0.05, 0) is 376 Å². The Labute approximate surface area is 885 Å². The summed E-state index contributed by atoms with van der Waals surface area (Å²) in [6.07, 6.45) is 4.01. The van der Waals surface area contributed by atoms with Gasteiger partial charge in [-0.3, -0.25) is 19.6 Å². The van der Waals surface area contributed by atoms with E-state index < -0.39 is 0 Å². The lowest BCUT2D eigenvalue weighted by Gasteiger charge is -2.44. The molecule has 10 aliphatic heterocycles. The van der Waals surface area contributed by atoms with Crippen molar-refractivity contribution in [3.8, 4) is 28.4 Å². The highest BCUT2D eigenvalue weighted by Crippen LogP contribution is 2.63. The number of benzene rings is 16. The van der Waals surface area contributed by atoms with E-state index in [2.05, 4.69) is 516 Å². The SMILES string of the molecule is Cc1cc2c(cc1C1C(C)N3CC1(C)C(C)C3C)c1ccccc1n2-c1ccccc1.Cc1cc2c(cc1C1C(C)N3CCC1(C)C3)c1ccccc1n2-c1ccccc1.Cc1cc2c(cc1C1C(C)N3CCC1C3(C)C)c1ccccc1n2-c1ccccc1.Cc1cc2c(cc1C1C3CCN(C3)C1C)c1ccccc1n2-c1ccccc1.Cc1cc2c(cc1C1C3CN(c4ccccc43)C1C)c1ccccc1n2-c1ccccc1. The number of para-hydroxylation sites is 11. The molecule has 0 N–H and O–H groups in total. The third-order valence-corrected chi connectivity index (χ3v) is 40.1. The highest BCUT2D eigenvalue weighted by molar-refractivity contribution is 6.14. The van der Waals surface area contributed by atoms with Crippen LogP contribution in [0.15, 0.2) is 358 Å². The van der Waals surface area contributed by atoms with E-state index in [4.69, 9.17) is 0 Å². The van der Waals surface area contributed by atoms with Crippen LogP contribution in [0.2, 0.25) is 0 Å². The Morgan fingerprint density at radius 1 is 0.260 bits per heavy atom. The van der Waals surface area contributed by atoms with Crippen LogP contribution < -0.4 is 4.90 Å². The zero-order valence-corrected chi connectivity index (χ0v) is 90.3. The van der Waals surface area contributed by atoms with Gasteiger partial charge in [-0.1, -0.05) is 221 Å². The Kier molecular flexibility index (Phi) is 22.8. The van der Waals surface area contributed by atoms with Crippen LogP contribution in [0.3, 0.4) is 0 Å². The van der Waals surface area contributed by atoms with Crippen molar-refractivity contribution in [1.29, 1.82) is 0 Å². The summed E-state index contributed by atoms with van der Waals surface area (Å²) in [6, 6.07) is 136. The monoisotopic (exact) mass is 1960 g/mol. The van der Waals surface area contributed by atoms with Crippen molar-refractivity contribution in [2.24, 2.45) is 28.6 Å². The topological polar surface area (TPSA) is 40.9 Å². The second-order valence-corrected chi connectivity index (χ2v) is 48.0. The smallest absolute Gasteiger partial charge is 0.0543 e. The van der Waals surface area contributed by atoms with Gasteiger partial charge in [0, 0.05) is 191 Å². The summed E-state index contributed by atoms with van der Waals surface area (Å²) >= 11 is 0. The molecular weight excluding hydrogens is 1820 g/mol. The summed E-state index contributed by atoms with van der Waals surface area (Å²) in [7, 11) is 0. The maximum absolute atomic E-state index is 2.76. The van der Waals surface area contributed by atoms with Crippen LogP contribution in [0.25, 0.3) is 137 Å². The van der Waals surface area contributed by atoms with Crippen molar-refractivity contribution in [2.45, 2.75) is 207 Å². The Morgan fingerprint density at radius 2 is 0.613 bits per heavy atom. The van der Waals surface area contributed by atoms with Crippen LogP contribution in [0.4, 0.5) is 5.69 Å². The van der Waals surface area contributed by atoms with Crippen LogP contribution in [0.1, 0.15) is 192 Å². The highest BCUT2D eigenvalue weighted by Gasteiger charge is 2.61. The van der Waals surface area contributed by atoms with Crippen molar-refractivity contribution in [1.82, 2.24) is 42.4 Å². The van der Waals surface area contributed by atoms with Gasteiger partial charge < -0.3 is 27.7 Å². The predicted molar refractivity (Wildman–Crippen MR) is 631 cm³/mol. The molecule has 0 aliphatic carbocycles. The summed E-state index contributed by atoms with van der Waals surface area (Å²) in [5.74, 6) is 5.91. The van der Waals surface area contributed by atoms with Crippen LogP contribution in [0, 0.1) is 63.2 Å². The van der Waals surface area contributed by atoms with Gasteiger partial charge in [0.2, 0.25) is 0 Å². The molecule has 5 aromatic heterocycles. The minimum absolute atomic E-state index is 0.309. The van der Waals surface area contributed by atoms with Crippen molar-refractivity contribution >= 4 is 115 Å². The second-order valence-electron chi connectivity index (χ2n) is 48.0. The van der Waals surface area contributed by atoms with Crippen molar-refractivity contribution < 1.29 is 0 Å². The molecule has 0 saturated carbocycles. The summed E-state index contributed by atoms with van der Waals surface area (Å²) in [5.41, 5.74) is 38.1. The molecular formula is C140H142N10. The van der Waals surface area contributed by atoms with Crippen molar-refractivity contribution in [2.75, 3.05) is 50.7 Å². The fraction of sp³-hybridized carbons (Fsp3) is 0.314. The first-order valence-corrected chi connectivity index (χ1v) is 56.2. The van der Waals surface area contributed by atoms with E-state index in [9.17, 15) is 0 Å². The van der Waals surface area contributed by atoms with Crippen LogP contribution in [-0.2, 0) is 0 Å². The number of hydrogen-bond donors (Lipinski definition) is 0. The molecule has 31 rings (SSSR count). The maximum atomic E-state index is 2.76. The first kappa shape index (κ1) is 94.6. The minimum Gasteiger partial charge on any atom is -0.367 e. The number of hydrogen-bond acceptors (Lipinski definition) is 5. The third-order valence-electron chi connectivity index (χ3n) is 40.1. The number of piperidine rings is 4. The second kappa shape index (κ2) is 36.2. The molecule has 752 valence electrons. The number of anilines is 1. The predicted octanol–water partition coefficient (Wildman–Crippen LogP) is 33.0. The number of fused-ring (bicyclic) bond motifs is 28. The summed E-state index contributed by atoms with van der Waals surface area (Å²) in [6.45, 7) is 47.4. The standard InChI is InChI=1S/C30H26N2.C29H32N2.C28H30N2.C27H28N2.C26H26N2/c1-19-16-29-25(22-12-7-9-15-28(22)32(29)21-10-4-3-5-11-21)17-24(19)30-20(2)31-18-26(30)23-13-6-8-14-27(23)31;1-18-15-27-25(16-24(18)28-21(4)30-17-29(28,5)19(2)20(30)3)23-13-9-10-14-26(23)31(27)22-11-7-6-8-12-22;1-18-16-26-23(17-22(18)27-19(2)29-15-14-24(27)28(29,3)4)21-12-8-9-13-25(21)30(26)20-10-6-5-7-11-20;1-18-15-25-23(16-22(18)26-19(2)28-14-13-27(26,3)17-28)21-11-7-8-12-24(21)29(25)20-9-5-4-6-10-20;1-17-14-25-23(15-22(17)26-18(2)27-13-12-19(26)16-27)21-10-6-7-11-24(21)28(25)20-8-4-3-5-9-20/h3-17,20,26,30H,18H2,1-2H3;6-16,19-21,28H,17H2,1-5H3;5-13,16-17,19,24,27H,14-15H2,1-4H3;4-12,15-16,19,26H,13-14,17H2,1-3H3;3-11,14-15,18-19,26H,12-13,16H2,1-2H3. The number of aryl methyl sites for hydroxylation is 5. The molecule has 21 aromatic rings. The molecule has 150 heavy (non-hydrogen) atoms. The van der Waals surface area contributed by atoms with Gasteiger partial charge in [0.05, 0.1) is 55.2 Å². The van der Waals surface area contributed by atoms with Crippen LogP contribution in [0.5, 0.6) is 0 Å². The normalized spacial score (nSPS) is 27.2. The molecule has 10 heteroatoms. The molecule has 21 unspecified atom stereocenters. The molecule has 16 aromatic carbocycles. The van der Waals surface area contributed by atoms with E-state index in [-0.39, 0.29) is 0 Å². The average Bonchev–Trinajstić information content (AvgIpc) is 1.55.